The fraction of sp³-hybridized carbons (Fsp3) is 0.586. The van der Waals surface area contributed by atoms with E-state index in [4.69, 9.17) is 9.47 Å². The lowest BCUT2D eigenvalue weighted by Gasteiger charge is -2.54. The van der Waals surface area contributed by atoms with E-state index in [9.17, 15) is 24.3 Å². The molecule has 2 fully saturated rings. The van der Waals surface area contributed by atoms with Crippen LogP contribution in [0, 0.1) is 11.8 Å². The summed E-state index contributed by atoms with van der Waals surface area (Å²) in [7, 11) is 0. The van der Waals surface area contributed by atoms with Crippen LogP contribution < -0.4 is 5.32 Å². The summed E-state index contributed by atoms with van der Waals surface area (Å²) in [6.45, 7) is 7.93. The van der Waals surface area contributed by atoms with Gasteiger partial charge in [0.15, 0.2) is 5.60 Å². The van der Waals surface area contributed by atoms with Crippen LogP contribution in [0.5, 0.6) is 0 Å². The second-order valence-corrected chi connectivity index (χ2v) is 11.6. The molecule has 1 aromatic rings. The molecule has 3 aliphatic rings. The molecule has 0 unspecified atom stereocenters. The summed E-state index contributed by atoms with van der Waals surface area (Å²) in [5.41, 5.74) is -1.02. The minimum absolute atomic E-state index is 0.00540. The van der Waals surface area contributed by atoms with Gasteiger partial charge in [-0.2, -0.15) is 0 Å². The van der Waals surface area contributed by atoms with Gasteiger partial charge in [0.05, 0.1) is 17.9 Å². The van der Waals surface area contributed by atoms with Crippen molar-refractivity contribution in [3.05, 3.63) is 47.5 Å². The highest BCUT2D eigenvalue weighted by Gasteiger charge is 2.79. The lowest BCUT2D eigenvalue weighted by Crippen LogP contribution is -2.80. The number of carbonyl (C=O) groups is 4. The smallest absolute Gasteiger partial charge is 0.339 e. The van der Waals surface area contributed by atoms with Crippen molar-refractivity contribution < 1.29 is 33.8 Å². The molecular weight excluding hydrogens is 474 g/mol. The van der Waals surface area contributed by atoms with Crippen molar-refractivity contribution in [3.63, 3.8) is 0 Å². The largest absolute Gasteiger partial charge is 0.453 e. The van der Waals surface area contributed by atoms with Crippen LogP contribution in [0.1, 0.15) is 70.4 Å². The van der Waals surface area contributed by atoms with Gasteiger partial charge in [0.1, 0.15) is 18.7 Å². The maximum Gasteiger partial charge on any atom is 0.339 e. The van der Waals surface area contributed by atoms with E-state index < -0.39 is 47.1 Å². The first-order valence-corrected chi connectivity index (χ1v) is 13.0. The highest BCUT2D eigenvalue weighted by molar-refractivity contribution is 6.01. The van der Waals surface area contributed by atoms with Crippen molar-refractivity contribution in [2.75, 3.05) is 6.61 Å². The standard InChI is InChI=1S/C29H37NO7/c1-27(2,3)20-12-10-18(11-13-20)21(16-31)23(17-32)36-15-14-22-25(34)30-29(26(35)37-28(22,29)4)24(33)19-8-6-5-7-9-19/h6,8,10-13,16-17,19,21-24,33H,5,7,9,14-15H2,1-4H3,(H,30,34)/t19-,21+,22+,23+,24+,28+,29+/m1/s1. The number of rotatable bonds is 10. The third kappa shape index (κ3) is 4.55. The minimum Gasteiger partial charge on any atom is -0.453 e. The maximum absolute atomic E-state index is 13.0. The first-order valence-electron chi connectivity index (χ1n) is 13.0. The molecule has 2 aliphatic heterocycles. The zero-order valence-corrected chi connectivity index (χ0v) is 21.9. The number of aliphatic hydroxyl groups is 1. The number of ether oxygens (including phenoxy) is 2. The van der Waals surface area contributed by atoms with Gasteiger partial charge in [-0.15, -0.1) is 0 Å². The van der Waals surface area contributed by atoms with Crippen molar-refractivity contribution in [2.45, 2.75) is 88.1 Å². The molecule has 0 radical (unpaired) electrons. The van der Waals surface area contributed by atoms with E-state index >= 15 is 0 Å². The Morgan fingerprint density at radius 3 is 2.43 bits per heavy atom. The van der Waals surface area contributed by atoms with Crippen molar-refractivity contribution in [1.82, 2.24) is 5.32 Å². The molecule has 37 heavy (non-hydrogen) atoms. The molecule has 1 aliphatic carbocycles. The Morgan fingerprint density at radius 2 is 1.89 bits per heavy atom. The fourth-order valence-electron chi connectivity index (χ4n) is 5.98. The second-order valence-electron chi connectivity index (χ2n) is 11.6. The van der Waals surface area contributed by atoms with Crippen LogP contribution in [0.15, 0.2) is 36.4 Å². The van der Waals surface area contributed by atoms with E-state index in [1.807, 2.05) is 36.4 Å². The number of hydrogen-bond acceptors (Lipinski definition) is 7. The maximum atomic E-state index is 13.0. The van der Waals surface area contributed by atoms with Crippen molar-refractivity contribution in [2.24, 2.45) is 11.8 Å². The molecule has 4 rings (SSSR count). The van der Waals surface area contributed by atoms with Gasteiger partial charge in [-0.3, -0.25) is 4.79 Å². The molecule has 0 spiro atoms. The molecule has 7 atom stereocenters. The molecule has 2 N–H and O–H groups in total. The van der Waals surface area contributed by atoms with E-state index in [2.05, 4.69) is 26.1 Å². The zero-order valence-electron chi connectivity index (χ0n) is 21.9. The van der Waals surface area contributed by atoms with Gasteiger partial charge in [-0.1, -0.05) is 57.2 Å². The lowest BCUT2D eigenvalue weighted by atomic mass is 9.64. The monoisotopic (exact) mass is 511 g/mol. The third-order valence-corrected chi connectivity index (χ3v) is 8.37. The summed E-state index contributed by atoms with van der Waals surface area (Å²) < 4.78 is 11.3. The molecule has 2 saturated heterocycles. The van der Waals surface area contributed by atoms with Crippen LogP contribution in [-0.4, -0.2) is 59.5 Å². The molecule has 0 saturated carbocycles. The Balaban J connectivity index is 1.44. The molecule has 200 valence electrons. The van der Waals surface area contributed by atoms with E-state index in [0.717, 1.165) is 24.8 Å². The number of benzene rings is 1. The first kappa shape index (κ1) is 27.2. The Bertz CT molecular complexity index is 1070. The van der Waals surface area contributed by atoms with Gasteiger partial charge in [-0.05, 0) is 49.1 Å². The summed E-state index contributed by atoms with van der Waals surface area (Å²) in [6, 6.07) is 7.53. The van der Waals surface area contributed by atoms with Crippen molar-refractivity contribution in [3.8, 4) is 0 Å². The third-order valence-electron chi connectivity index (χ3n) is 8.37. The van der Waals surface area contributed by atoms with Gasteiger partial charge >= 0.3 is 5.97 Å². The van der Waals surface area contributed by atoms with Gasteiger partial charge in [-0.25, -0.2) is 4.79 Å². The van der Waals surface area contributed by atoms with Crippen LogP contribution in [0.3, 0.4) is 0 Å². The number of hydrogen-bond donors (Lipinski definition) is 2. The number of fused-ring (bicyclic) bond motifs is 1. The van der Waals surface area contributed by atoms with Gasteiger partial charge in [0.25, 0.3) is 0 Å². The summed E-state index contributed by atoms with van der Waals surface area (Å²) in [4.78, 5) is 49.5. The number of aliphatic hydroxyl groups excluding tert-OH is 1. The van der Waals surface area contributed by atoms with Gasteiger partial charge in [0.2, 0.25) is 11.4 Å². The molecule has 8 nitrogen and oxygen atoms in total. The summed E-state index contributed by atoms with van der Waals surface area (Å²) >= 11 is 0. The number of nitrogens with one attached hydrogen (secondary N) is 1. The highest BCUT2D eigenvalue weighted by Crippen LogP contribution is 2.53. The van der Waals surface area contributed by atoms with Crippen LogP contribution in [-0.2, 0) is 34.1 Å². The lowest BCUT2D eigenvalue weighted by molar-refractivity contribution is -0.239. The van der Waals surface area contributed by atoms with Crippen LogP contribution in [0.2, 0.25) is 0 Å². The SMILES string of the molecule is CC(C)(C)c1ccc([C@H](C=O)[C@H](C=O)OCC[C@H]2C(=O)N[C@@]3([C@@H](O)[C@@H]4C=CCCC4)C(=O)O[C@@]23C)cc1. The number of carbonyl (C=O) groups excluding carboxylic acids is 4. The Morgan fingerprint density at radius 1 is 1.19 bits per heavy atom. The van der Waals surface area contributed by atoms with E-state index in [-0.39, 0.29) is 24.4 Å². The Labute approximate surface area is 217 Å². The summed E-state index contributed by atoms with van der Waals surface area (Å²) in [6.07, 6.45) is 5.74. The average Bonchev–Trinajstić information content (AvgIpc) is 3.05. The molecule has 0 bridgehead atoms. The van der Waals surface area contributed by atoms with E-state index in [0.29, 0.717) is 18.1 Å². The number of aldehydes is 2. The zero-order chi connectivity index (χ0) is 27.0. The minimum atomic E-state index is -1.51. The normalized spacial score (nSPS) is 31.4. The van der Waals surface area contributed by atoms with E-state index in [1.165, 1.54) is 0 Å². The van der Waals surface area contributed by atoms with Crippen LogP contribution in [0.4, 0.5) is 0 Å². The van der Waals surface area contributed by atoms with Crippen LogP contribution >= 0.6 is 0 Å². The highest BCUT2D eigenvalue weighted by atomic mass is 16.6. The predicted octanol–water partition coefficient (Wildman–Crippen LogP) is 2.76. The first-order chi connectivity index (χ1) is 17.5. The number of amides is 1. The number of esters is 1. The molecule has 2 heterocycles. The Hall–Kier alpha value is -2.84. The van der Waals surface area contributed by atoms with E-state index in [1.54, 1.807) is 6.92 Å². The quantitative estimate of drug-likeness (QED) is 0.282. The summed E-state index contributed by atoms with van der Waals surface area (Å²) in [5.74, 6) is -2.85. The van der Waals surface area contributed by atoms with Crippen molar-refractivity contribution >= 4 is 24.4 Å². The molecule has 1 amide bonds. The second kappa shape index (κ2) is 10.1. The molecule has 1 aromatic carbocycles. The number of allylic oxidation sites excluding steroid dienone is 1. The van der Waals surface area contributed by atoms with Gasteiger partial charge < -0.3 is 29.5 Å². The van der Waals surface area contributed by atoms with Gasteiger partial charge in [0, 0.05) is 12.5 Å². The van der Waals surface area contributed by atoms with Crippen LogP contribution in [0.25, 0.3) is 0 Å². The van der Waals surface area contributed by atoms with Crippen molar-refractivity contribution in [1.29, 1.82) is 0 Å². The molecule has 8 heteroatoms. The molecular formula is C29H37NO7. The predicted molar refractivity (Wildman–Crippen MR) is 136 cm³/mol. The summed E-state index contributed by atoms with van der Waals surface area (Å²) in [5, 5.41) is 13.9. The Kier molecular flexibility index (Phi) is 7.45. The molecule has 0 aromatic heterocycles. The average molecular weight is 512 g/mol. The fourth-order valence-corrected chi connectivity index (χ4v) is 5.98. The topological polar surface area (TPSA) is 119 Å².